The predicted octanol–water partition coefficient (Wildman–Crippen LogP) is 4.34. The van der Waals surface area contributed by atoms with E-state index >= 15 is 0 Å². The summed E-state index contributed by atoms with van der Waals surface area (Å²) < 4.78 is 0. The van der Waals surface area contributed by atoms with Crippen LogP contribution in [0.2, 0.25) is 0 Å². The number of carbonyl (C=O) groups excluding carboxylic acids is 1. The standard InChI is InChI=1S/C24H21N4O/c1-28(2)23-13-14-25-22(27-23)15-17-7-11-21(12-8-17)26-24(29)20-10-9-18-5-3-4-6-19(18)16-20/h3-12,14,16H,15H2,1-2H3,(H,26,29). The lowest BCUT2D eigenvalue weighted by molar-refractivity contribution is 0.102. The third kappa shape index (κ3) is 4.41. The Morgan fingerprint density at radius 1 is 1.00 bits per heavy atom. The molecule has 0 bridgehead atoms. The first kappa shape index (κ1) is 18.6. The lowest BCUT2D eigenvalue weighted by Crippen LogP contribution is -2.12. The molecule has 143 valence electrons. The maximum atomic E-state index is 12.6. The molecule has 5 heteroatoms. The number of amides is 1. The SMILES string of the molecule is CN(C)c1[c]cnc(Cc2ccc(NC(=O)c3ccc4ccccc4c3)cc2)n1. The number of anilines is 2. The molecule has 29 heavy (non-hydrogen) atoms. The summed E-state index contributed by atoms with van der Waals surface area (Å²) in [6.45, 7) is 0. The number of nitrogens with zero attached hydrogens (tertiary/aromatic N) is 3. The molecule has 1 heterocycles. The molecule has 1 aromatic heterocycles. The fourth-order valence-electron chi connectivity index (χ4n) is 3.08. The van der Waals surface area contributed by atoms with Gasteiger partial charge in [0.2, 0.25) is 0 Å². The van der Waals surface area contributed by atoms with Crippen LogP contribution < -0.4 is 10.2 Å². The smallest absolute Gasteiger partial charge is 0.255 e. The van der Waals surface area contributed by atoms with E-state index in [2.05, 4.69) is 21.4 Å². The van der Waals surface area contributed by atoms with Gasteiger partial charge < -0.3 is 10.2 Å². The fraction of sp³-hybridized carbons (Fsp3) is 0.125. The second-order valence-corrected chi connectivity index (χ2v) is 7.04. The van der Waals surface area contributed by atoms with Crippen LogP contribution in [-0.4, -0.2) is 30.0 Å². The van der Waals surface area contributed by atoms with Crippen molar-refractivity contribution in [1.29, 1.82) is 0 Å². The third-order valence-corrected chi connectivity index (χ3v) is 4.65. The summed E-state index contributed by atoms with van der Waals surface area (Å²) >= 11 is 0. The van der Waals surface area contributed by atoms with Crippen molar-refractivity contribution in [2.75, 3.05) is 24.3 Å². The molecule has 0 aliphatic rings. The Morgan fingerprint density at radius 3 is 2.52 bits per heavy atom. The van der Waals surface area contributed by atoms with Gasteiger partial charge in [-0.25, -0.2) is 9.97 Å². The van der Waals surface area contributed by atoms with Crippen molar-refractivity contribution in [2.45, 2.75) is 6.42 Å². The normalized spacial score (nSPS) is 10.7. The number of aromatic nitrogens is 2. The van der Waals surface area contributed by atoms with Crippen LogP contribution >= 0.6 is 0 Å². The molecule has 4 aromatic rings. The van der Waals surface area contributed by atoms with Crippen LogP contribution in [0.3, 0.4) is 0 Å². The van der Waals surface area contributed by atoms with E-state index in [1.807, 2.05) is 85.7 Å². The van der Waals surface area contributed by atoms with Gasteiger partial charge in [0.05, 0.1) is 0 Å². The van der Waals surface area contributed by atoms with Crippen molar-refractivity contribution >= 4 is 28.2 Å². The largest absolute Gasteiger partial charge is 0.362 e. The molecule has 4 rings (SSSR count). The van der Waals surface area contributed by atoms with Gasteiger partial charge in [-0.3, -0.25) is 4.79 Å². The third-order valence-electron chi connectivity index (χ3n) is 4.65. The summed E-state index contributed by atoms with van der Waals surface area (Å²) in [4.78, 5) is 23.3. The highest BCUT2D eigenvalue weighted by molar-refractivity contribution is 6.06. The van der Waals surface area contributed by atoms with Gasteiger partial charge in [-0.1, -0.05) is 42.5 Å². The van der Waals surface area contributed by atoms with E-state index in [9.17, 15) is 4.79 Å². The van der Waals surface area contributed by atoms with E-state index in [0.717, 1.165) is 33.7 Å². The predicted molar refractivity (Wildman–Crippen MR) is 116 cm³/mol. The summed E-state index contributed by atoms with van der Waals surface area (Å²) in [6, 6.07) is 24.5. The van der Waals surface area contributed by atoms with Gasteiger partial charge in [-0.05, 0) is 40.6 Å². The minimum Gasteiger partial charge on any atom is -0.362 e. The number of hydrogen-bond acceptors (Lipinski definition) is 4. The lowest BCUT2D eigenvalue weighted by atomic mass is 10.1. The minimum absolute atomic E-state index is 0.124. The Morgan fingerprint density at radius 2 is 1.76 bits per heavy atom. The zero-order valence-electron chi connectivity index (χ0n) is 16.4. The number of hydrogen-bond donors (Lipinski definition) is 1. The average molecular weight is 381 g/mol. The van der Waals surface area contributed by atoms with E-state index in [0.29, 0.717) is 12.0 Å². The second kappa shape index (κ2) is 8.10. The second-order valence-electron chi connectivity index (χ2n) is 7.04. The Hall–Kier alpha value is -3.73. The molecule has 5 nitrogen and oxygen atoms in total. The highest BCUT2D eigenvalue weighted by atomic mass is 16.1. The monoisotopic (exact) mass is 381 g/mol. The molecule has 0 unspecified atom stereocenters. The van der Waals surface area contributed by atoms with Crippen molar-refractivity contribution in [2.24, 2.45) is 0 Å². The summed E-state index contributed by atoms with van der Waals surface area (Å²) in [7, 11) is 3.85. The number of carbonyl (C=O) groups is 1. The minimum atomic E-state index is -0.124. The molecule has 0 atom stereocenters. The van der Waals surface area contributed by atoms with E-state index in [1.165, 1.54) is 0 Å². The zero-order chi connectivity index (χ0) is 20.2. The first-order valence-corrected chi connectivity index (χ1v) is 9.38. The van der Waals surface area contributed by atoms with Gasteiger partial charge in [0.25, 0.3) is 5.91 Å². The Labute approximate surface area is 170 Å². The Kier molecular flexibility index (Phi) is 5.20. The quantitative estimate of drug-likeness (QED) is 0.559. The first-order valence-electron chi connectivity index (χ1n) is 9.38. The molecular formula is C24H21N4O. The van der Waals surface area contributed by atoms with Crippen LogP contribution in [-0.2, 0) is 6.42 Å². The maximum absolute atomic E-state index is 12.6. The Bertz CT molecular complexity index is 1150. The van der Waals surface area contributed by atoms with Crippen LogP contribution in [0.4, 0.5) is 11.5 Å². The lowest BCUT2D eigenvalue weighted by Gasteiger charge is -2.11. The summed E-state index contributed by atoms with van der Waals surface area (Å²) in [5.41, 5.74) is 2.46. The molecule has 0 aliphatic carbocycles. The molecule has 0 spiro atoms. The fourth-order valence-corrected chi connectivity index (χ4v) is 3.08. The van der Waals surface area contributed by atoms with Crippen LogP contribution in [0.5, 0.6) is 0 Å². The number of benzene rings is 3. The molecule has 0 saturated carbocycles. The summed E-state index contributed by atoms with van der Waals surface area (Å²) in [5, 5.41) is 5.12. The number of fused-ring (bicyclic) bond motifs is 1. The summed E-state index contributed by atoms with van der Waals surface area (Å²) in [5.74, 6) is 1.37. The molecular weight excluding hydrogens is 360 g/mol. The molecule has 1 N–H and O–H groups in total. The zero-order valence-corrected chi connectivity index (χ0v) is 16.4. The Balaban J connectivity index is 1.44. The van der Waals surface area contributed by atoms with E-state index in [1.54, 1.807) is 6.20 Å². The van der Waals surface area contributed by atoms with Crippen LogP contribution in [0.25, 0.3) is 10.8 Å². The van der Waals surface area contributed by atoms with Crippen molar-refractivity contribution < 1.29 is 4.79 Å². The topological polar surface area (TPSA) is 58.1 Å². The van der Waals surface area contributed by atoms with E-state index in [-0.39, 0.29) is 5.91 Å². The molecule has 0 saturated heterocycles. The van der Waals surface area contributed by atoms with E-state index in [4.69, 9.17) is 0 Å². The van der Waals surface area contributed by atoms with Gasteiger partial charge in [-0.15, -0.1) is 0 Å². The highest BCUT2D eigenvalue weighted by Gasteiger charge is 2.08. The maximum Gasteiger partial charge on any atom is 0.255 e. The van der Waals surface area contributed by atoms with Crippen molar-refractivity contribution in [1.82, 2.24) is 9.97 Å². The summed E-state index contributed by atoms with van der Waals surface area (Å²) in [6.07, 6.45) is 2.27. The van der Waals surface area contributed by atoms with Crippen molar-refractivity contribution in [3.05, 3.63) is 95.9 Å². The van der Waals surface area contributed by atoms with E-state index < -0.39 is 0 Å². The molecule has 0 aliphatic heterocycles. The van der Waals surface area contributed by atoms with Crippen LogP contribution in [0, 0.1) is 6.07 Å². The van der Waals surface area contributed by atoms with Crippen molar-refractivity contribution in [3.8, 4) is 0 Å². The van der Waals surface area contributed by atoms with Crippen LogP contribution in [0.1, 0.15) is 21.7 Å². The molecule has 1 amide bonds. The van der Waals surface area contributed by atoms with Gasteiger partial charge in [0, 0.05) is 44.0 Å². The van der Waals surface area contributed by atoms with Gasteiger partial charge in [0.15, 0.2) is 0 Å². The molecule has 3 aromatic carbocycles. The van der Waals surface area contributed by atoms with Crippen molar-refractivity contribution in [3.63, 3.8) is 0 Å². The van der Waals surface area contributed by atoms with Gasteiger partial charge in [0.1, 0.15) is 11.6 Å². The van der Waals surface area contributed by atoms with Gasteiger partial charge >= 0.3 is 0 Å². The number of rotatable bonds is 5. The van der Waals surface area contributed by atoms with Gasteiger partial charge in [-0.2, -0.15) is 0 Å². The molecule has 1 radical (unpaired) electrons. The molecule has 0 fully saturated rings. The number of nitrogens with one attached hydrogen (secondary N) is 1. The average Bonchev–Trinajstić information content (AvgIpc) is 2.75. The van der Waals surface area contributed by atoms with Crippen LogP contribution in [0.15, 0.2) is 72.9 Å². The highest BCUT2D eigenvalue weighted by Crippen LogP contribution is 2.18. The first-order chi connectivity index (χ1) is 14.1.